The molecule has 9 heteroatoms. The van der Waals surface area contributed by atoms with Crippen LogP contribution >= 0.6 is 0 Å². The van der Waals surface area contributed by atoms with Gasteiger partial charge in [-0.15, -0.1) is 10.2 Å². The maximum absolute atomic E-state index is 12.4. The number of anilines is 1. The van der Waals surface area contributed by atoms with Gasteiger partial charge in [0.1, 0.15) is 0 Å². The summed E-state index contributed by atoms with van der Waals surface area (Å²) in [5.74, 6) is 0.207. The Morgan fingerprint density at radius 3 is 2.38 bits per heavy atom. The molecule has 1 saturated heterocycles. The topological polar surface area (TPSA) is 63.2 Å². The van der Waals surface area contributed by atoms with E-state index in [0.29, 0.717) is 13.0 Å². The van der Waals surface area contributed by atoms with Crippen LogP contribution in [0.5, 0.6) is 0 Å². The summed E-state index contributed by atoms with van der Waals surface area (Å²) in [6.07, 6.45) is -4.15. The largest absolute Gasteiger partial charge is 0.435 e. The monoisotopic (exact) mass is 323 g/mol. The van der Waals surface area contributed by atoms with E-state index in [1.807, 2.05) is 0 Å². The predicted octanol–water partition coefficient (Wildman–Crippen LogP) is 1.90. The van der Waals surface area contributed by atoms with Crippen molar-refractivity contribution in [1.82, 2.24) is 10.2 Å². The summed E-state index contributed by atoms with van der Waals surface area (Å²) < 4.78 is 60.6. The second kappa shape index (κ2) is 5.11. The van der Waals surface area contributed by atoms with E-state index >= 15 is 0 Å². The zero-order valence-corrected chi connectivity index (χ0v) is 12.5. The maximum Gasteiger partial charge on any atom is 0.435 e. The van der Waals surface area contributed by atoms with Gasteiger partial charge >= 0.3 is 6.18 Å². The van der Waals surface area contributed by atoms with Crippen LogP contribution in [0.3, 0.4) is 0 Å². The Balaban J connectivity index is 2.20. The number of alkyl halides is 3. The molecular formula is C12H16F3N3O2S. The van der Waals surface area contributed by atoms with Crippen molar-refractivity contribution in [3.05, 3.63) is 17.8 Å². The standard InChI is InChI=1S/C12H16F3N3O2S/c1-11(2)5-6-18(7-8-21(11,19)20)10-4-3-9(16-17-10)12(13,14)15/h3-4H,5-8H2,1-2H3. The molecule has 0 amide bonds. The van der Waals surface area contributed by atoms with Gasteiger partial charge in [0.25, 0.3) is 0 Å². The van der Waals surface area contributed by atoms with Crippen molar-refractivity contribution in [2.45, 2.75) is 31.2 Å². The minimum Gasteiger partial charge on any atom is -0.354 e. The highest BCUT2D eigenvalue weighted by Gasteiger charge is 2.37. The SMILES string of the molecule is CC1(C)CCN(c2ccc(C(F)(F)F)nn2)CCS1(=O)=O. The summed E-state index contributed by atoms with van der Waals surface area (Å²) in [4.78, 5) is 1.65. The lowest BCUT2D eigenvalue weighted by Crippen LogP contribution is -2.33. The molecule has 0 bridgehead atoms. The molecule has 2 rings (SSSR count). The van der Waals surface area contributed by atoms with Crippen LogP contribution < -0.4 is 4.90 Å². The average Bonchev–Trinajstić information content (AvgIpc) is 2.47. The summed E-state index contributed by atoms with van der Waals surface area (Å²) in [7, 11) is -3.24. The van der Waals surface area contributed by atoms with E-state index in [1.165, 1.54) is 6.07 Å². The lowest BCUT2D eigenvalue weighted by molar-refractivity contribution is -0.141. The van der Waals surface area contributed by atoms with E-state index in [0.717, 1.165) is 6.07 Å². The first-order valence-corrected chi connectivity index (χ1v) is 8.06. The molecule has 0 aromatic carbocycles. The second-order valence-corrected chi connectivity index (χ2v) is 8.33. The molecule has 0 saturated carbocycles. The Kier molecular flexibility index (Phi) is 3.90. The van der Waals surface area contributed by atoms with Crippen LogP contribution in [-0.2, 0) is 16.0 Å². The molecule has 118 valence electrons. The Morgan fingerprint density at radius 2 is 1.86 bits per heavy atom. The van der Waals surface area contributed by atoms with Crippen molar-refractivity contribution < 1.29 is 21.6 Å². The Labute approximate surface area is 121 Å². The fourth-order valence-electron chi connectivity index (χ4n) is 2.05. The van der Waals surface area contributed by atoms with Crippen LogP contribution in [0.1, 0.15) is 26.0 Å². The molecule has 0 spiro atoms. The van der Waals surface area contributed by atoms with Crippen LogP contribution in [0.2, 0.25) is 0 Å². The fraction of sp³-hybridized carbons (Fsp3) is 0.667. The zero-order chi connectivity index (χ0) is 15.9. The first-order valence-electron chi connectivity index (χ1n) is 6.41. The number of aromatic nitrogens is 2. The highest BCUT2D eigenvalue weighted by atomic mass is 32.2. The average molecular weight is 323 g/mol. The number of hydrogen-bond donors (Lipinski definition) is 0. The van der Waals surface area contributed by atoms with Crippen LogP contribution in [0.15, 0.2) is 12.1 Å². The Bertz CT molecular complexity index is 612. The smallest absolute Gasteiger partial charge is 0.354 e. The predicted molar refractivity (Wildman–Crippen MR) is 71.7 cm³/mol. The first-order chi connectivity index (χ1) is 9.53. The van der Waals surface area contributed by atoms with E-state index in [4.69, 9.17) is 0 Å². The Morgan fingerprint density at radius 1 is 1.19 bits per heavy atom. The molecule has 5 nitrogen and oxygen atoms in total. The first kappa shape index (κ1) is 16.0. The zero-order valence-electron chi connectivity index (χ0n) is 11.7. The lowest BCUT2D eigenvalue weighted by atomic mass is 10.1. The molecule has 1 aromatic rings. The van der Waals surface area contributed by atoms with Gasteiger partial charge in [0.2, 0.25) is 0 Å². The van der Waals surface area contributed by atoms with Crippen LogP contribution in [-0.4, -0.2) is 42.2 Å². The van der Waals surface area contributed by atoms with Crippen molar-refractivity contribution in [2.24, 2.45) is 0 Å². The van der Waals surface area contributed by atoms with Gasteiger partial charge in [0.15, 0.2) is 21.3 Å². The molecule has 0 atom stereocenters. The summed E-state index contributed by atoms with van der Waals surface area (Å²) >= 11 is 0. The summed E-state index contributed by atoms with van der Waals surface area (Å²) in [6, 6.07) is 2.08. The highest BCUT2D eigenvalue weighted by molar-refractivity contribution is 7.92. The van der Waals surface area contributed by atoms with E-state index < -0.39 is 26.5 Å². The summed E-state index contributed by atoms with van der Waals surface area (Å²) in [5, 5.41) is 6.73. The van der Waals surface area contributed by atoms with Gasteiger partial charge in [-0.3, -0.25) is 0 Å². The number of nitrogens with zero attached hydrogens (tertiary/aromatic N) is 3. The third-order valence-corrected chi connectivity index (χ3v) is 6.33. The van der Waals surface area contributed by atoms with Crippen LogP contribution in [0, 0.1) is 0 Å². The summed E-state index contributed by atoms with van der Waals surface area (Å²) in [6.45, 7) is 3.92. The molecular weight excluding hydrogens is 307 g/mol. The van der Waals surface area contributed by atoms with Gasteiger partial charge < -0.3 is 4.90 Å². The molecule has 0 N–H and O–H groups in total. The molecule has 1 aliphatic heterocycles. The molecule has 2 heterocycles. The lowest BCUT2D eigenvalue weighted by Gasteiger charge is -2.22. The van der Waals surface area contributed by atoms with Crippen molar-refractivity contribution in [1.29, 1.82) is 0 Å². The minimum atomic E-state index is -4.53. The molecule has 0 aliphatic carbocycles. The van der Waals surface area contributed by atoms with E-state index in [2.05, 4.69) is 10.2 Å². The van der Waals surface area contributed by atoms with Gasteiger partial charge in [-0.1, -0.05) is 0 Å². The molecule has 0 unspecified atom stereocenters. The molecule has 0 radical (unpaired) electrons. The van der Waals surface area contributed by atoms with E-state index in [-0.39, 0.29) is 18.1 Å². The fourth-order valence-corrected chi connectivity index (χ4v) is 3.47. The van der Waals surface area contributed by atoms with Gasteiger partial charge in [-0.05, 0) is 32.4 Å². The molecule has 1 aromatic heterocycles. The normalized spacial score (nSPS) is 21.9. The maximum atomic E-state index is 12.4. The van der Waals surface area contributed by atoms with Crippen molar-refractivity contribution in [3.8, 4) is 0 Å². The van der Waals surface area contributed by atoms with E-state index in [1.54, 1.807) is 18.7 Å². The van der Waals surface area contributed by atoms with Gasteiger partial charge in [-0.25, -0.2) is 8.42 Å². The number of hydrogen-bond acceptors (Lipinski definition) is 5. The summed E-state index contributed by atoms with van der Waals surface area (Å²) in [5.41, 5.74) is -1.06. The third-order valence-electron chi connectivity index (χ3n) is 3.72. The molecule has 1 aliphatic rings. The number of rotatable bonds is 1. The Hall–Kier alpha value is -1.38. The van der Waals surface area contributed by atoms with Crippen molar-refractivity contribution >= 4 is 15.7 Å². The third kappa shape index (κ3) is 3.28. The van der Waals surface area contributed by atoms with E-state index in [9.17, 15) is 21.6 Å². The molecule has 1 fully saturated rings. The van der Waals surface area contributed by atoms with Crippen molar-refractivity contribution in [2.75, 3.05) is 23.7 Å². The highest BCUT2D eigenvalue weighted by Crippen LogP contribution is 2.29. The molecule has 21 heavy (non-hydrogen) atoms. The number of sulfone groups is 1. The quantitative estimate of drug-likeness (QED) is 0.790. The van der Waals surface area contributed by atoms with Gasteiger partial charge in [-0.2, -0.15) is 13.2 Å². The minimum absolute atomic E-state index is 0.0529. The second-order valence-electron chi connectivity index (χ2n) is 5.59. The van der Waals surface area contributed by atoms with Gasteiger partial charge in [0.05, 0.1) is 10.5 Å². The van der Waals surface area contributed by atoms with Crippen LogP contribution in [0.25, 0.3) is 0 Å². The van der Waals surface area contributed by atoms with Crippen LogP contribution in [0.4, 0.5) is 19.0 Å². The van der Waals surface area contributed by atoms with Crippen molar-refractivity contribution in [3.63, 3.8) is 0 Å². The number of halogens is 3. The van der Waals surface area contributed by atoms with Gasteiger partial charge in [0, 0.05) is 13.1 Å².